The summed E-state index contributed by atoms with van der Waals surface area (Å²) in [4.78, 5) is 16.7. The molecule has 0 aliphatic heterocycles. The smallest absolute Gasteiger partial charge is 0.266 e. The van der Waals surface area contributed by atoms with Crippen LogP contribution in [0, 0.1) is 0 Å². The van der Waals surface area contributed by atoms with E-state index in [-0.39, 0.29) is 5.91 Å². The van der Waals surface area contributed by atoms with Gasteiger partial charge in [0.25, 0.3) is 5.91 Å². The zero-order chi connectivity index (χ0) is 13.5. The fourth-order valence-corrected chi connectivity index (χ4v) is 2.19. The number of hydrogen-bond acceptors (Lipinski definition) is 4. The van der Waals surface area contributed by atoms with Gasteiger partial charge < -0.3 is 10.6 Å². The third-order valence-corrected chi connectivity index (χ3v) is 3.48. The maximum Gasteiger partial charge on any atom is 0.266 e. The van der Waals surface area contributed by atoms with Crippen molar-refractivity contribution in [3.05, 3.63) is 40.7 Å². The minimum Gasteiger partial charge on any atom is -0.384 e. The molecule has 0 spiro atoms. The van der Waals surface area contributed by atoms with Crippen LogP contribution in [0.15, 0.2) is 35.8 Å². The Morgan fingerprint density at radius 1 is 1.37 bits per heavy atom. The largest absolute Gasteiger partial charge is 0.384 e. The lowest BCUT2D eigenvalue weighted by molar-refractivity contribution is 0.103. The molecule has 19 heavy (non-hydrogen) atoms. The fraction of sp³-hybridized carbons (Fsp3) is 0.286. The Morgan fingerprint density at radius 3 is 2.89 bits per heavy atom. The van der Waals surface area contributed by atoms with Crippen LogP contribution in [-0.4, -0.2) is 17.4 Å². The zero-order valence-corrected chi connectivity index (χ0v) is 11.7. The summed E-state index contributed by atoms with van der Waals surface area (Å²) >= 11 is 1.41. The second kappa shape index (κ2) is 6.89. The summed E-state index contributed by atoms with van der Waals surface area (Å²) in [5.74, 6) is 0.452. The molecule has 4 nitrogen and oxygen atoms in total. The van der Waals surface area contributed by atoms with Crippen LogP contribution in [0.25, 0.3) is 0 Å². The maximum atomic E-state index is 11.8. The van der Waals surface area contributed by atoms with Crippen molar-refractivity contribution in [3.63, 3.8) is 0 Å². The second-order valence-corrected chi connectivity index (χ2v) is 5.09. The lowest BCUT2D eigenvalue weighted by Crippen LogP contribution is -2.11. The molecule has 5 heteroatoms. The van der Waals surface area contributed by atoms with E-state index in [1.54, 1.807) is 18.3 Å². The third kappa shape index (κ3) is 4.06. The quantitative estimate of drug-likeness (QED) is 0.792. The topological polar surface area (TPSA) is 54.0 Å². The van der Waals surface area contributed by atoms with Gasteiger partial charge in [0.1, 0.15) is 5.82 Å². The monoisotopic (exact) mass is 275 g/mol. The van der Waals surface area contributed by atoms with Gasteiger partial charge in [0, 0.05) is 6.54 Å². The van der Waals surface area contributed by atoms with Gasteiger partial charge in [-0.05, 0) is 30.0 Å². The summed E-state index contributed by atoms with van der Waals surface area (Å²) in [6.45, 7) is 3.10. The Kier molecular flexibility index (Phi) is 4.92. The van der Waals surface area contributed by atoms with Crippen molar-refractivity contribution in [2.45, 2.75) is 19.8 Å². The average Bonchev–Trinajstić information content (AvgIpc) is 2.95. The molecule has 2 N–H and O–H groups in total. The first-order valence-electron chi connectivity index (χ1n) is 6.34. The molecular weight excluding hydrogens is 258 g/mol. The number of carbonyl (C=O) groups excluding carboxylic acids is 1. The number of thiophene rings is 1. The second-order valence-electron chi connectivity index (χ2n) is 4.14. The predicted molar refractivity (Wildman–Crippen MR) is 79.9 cm³/mol. The first-order chi connectivity index (χ1) is 9.29. The molecular formula is C14H17N3OS. The van der Waals surface area contributed by atoms with Crippen LogP contribution < -0.4 is 10.6 Å². The van der Waals surface area contributed by atoms with Gasteiger partial charge in [0.05, 0.1) is 16.8 Å². The lowest BCUT2D eigenvalue weighted by atomic mass is 10.3. The lowest BCUT2D eigenvalue weighted by Gasteiger charge is -2.06. The molecule has 0 bridgehead atoms. The molecule has 0 unspecified atom stereocenters. The van der Waals surface area contributed by atoms with Crippen molar-refractivity contribution in [1.29, 1.82) is 0 Å². The molecule has 0 saturated heterocycles. The van der Waals surface area contributed by atoms with E-state index in [9.17, 15) is 4.79 Å². The van der Waals surface area contributed by atoms with Gasteiger partial charge in [0.15, 0.2) is 0 Å². The third-order valence-electron chi connectivity index (χ3n) is 2.61. The highest BCUT2D eigenvalue weighted by atomic mass is 32.1. The van der Waals surface area contributed by atoms with Crippen LogP contribution in [0.3, 0.4) is 0 Å². The van der Waals surface area contributed by atoms with Gasteiger partial charge in [-0.25, -0.2) is 4.98 Å². The average molecular weight is 275 g/mol. The van der Waals surface area contributed by atoms with Crippen molar-refractivity contribution < 1.29 is 4.79 Å². The summed E-state index contributed by atoms with van der Waals surface area (Å²) in [5, 5.41) is 7.93. The fourth-order valence-electron chi connectivity index (χ4n) is 1.57. The summed E-state index contributed by atoms with van der Waals surface area (Å²) in [7, 11) is 0. The van der Waals surface area contributed by atoms with Crippen molar-refractivity contribution in [1.82, 2.24) is 4.98 Å². The SMILES string of the molecule is CCCCNc1ccc(NC(=O)c2cccs2)nc1. The number of unbranched alkanes of at least 4 members (excludes halogenated alkanes) is 1. The highest BCUT2D eigenvalue weighted by Crippen LogP contribution is 2.13. The molecule has 0 radical (unpaired) electrons. The summed E-state index contributed by atoms with van der Waals surface area (Å²) in [6, 6.07) is 7.38. The van der Waals surface area contributed by atoms with Gasteiger partial charge in [-0.15, -0.1) is 11.3 Å². The van der Waals surface area contributed by atoms with Crippen LogP contribution in [-0.2, 0) is 0 Å². The van der Waals surface area contributed by atoms with Gasteiger partial charge in [0.2, 0.25) is 0 Å². The molecule has 2 rings (SSSR count). The molecule has 0 aliphatic rings. The molecule has 0 aromatic carbocycles. The van der Waals surface area contributed by atoms with Gasteiger partial charge >= 0.3 is 0 Å². The summed E-state index contributed by atoms with van der Waals surface area (Å²) in [6.07, 6.45) is 4.03. The number of nitrogens with one attached hydrogen (secondary N) is 2. The predicted octanol–water partition coefficient (Wildman–Crippen LogP) is 3.61. The minimum atomic E-state index is -0.116. The normalized spacial score (nSPS) is 10.2. The molecule has 0 aliphatic carbocycles. The number of aromatic nitrogens is 1. The first kappa shape index (κ1) is 13.5. The molecule has 0 saturated carbocycles. The first-order valence-corrected chi connectivity index (χ1v) is 7.22. The van der Waals surface area contributed by atoms with E-state index in [1.165, 1.54) is 11.3 Å². The number of pyridine rings is 1. The highest BCUT2D eigenvalue weighted by molar-refractivity contribution is 7.12. The van der Waals surface area contributed by atoms with Gasteiger partial charge in [-0.2, -0.15) is 0 Å². The van der Waals surface area contributed by atoms with E-state index in [4.69, 9.17) is 0 Å². The van der Waals surface area contributed by atoms with E-state index in [0.29, 0.717) is 10.7 Å². The Balaban J connectivity index is 1.90. The zero-order valence-electron chi connectivity index (χ0n) is 10.8. The van der Waals surface area contributed by atoms with E-state index < -0.39 is 0 Å². The molecule has 2 aromatic heterocycles. The van der Waals surface area contributed by atoms with Crippen LogP contribution in [0.4, 0.5) is 11.5 Å². The van der Waals surface area contributed by atoms with Crippen molar-refractivity contribution in [2.75, 3.05) is 17.2 Å². The molecule has 0 fully saturated rings. The van der Waals surface area contributed by atoms with E-state index in [1.807, 2.05) is 17.5 Å². The molecule has 2 heterocycles. The Morgan fingerprint density at radius 2 is 2.26 bits per heavy atom. The number of anilines is 2. The van der Waals surface area contributed by atoms with Crippen molar-refractivity contribution in [3.8, 4) is 0 Å². The van der Waals surface area contributed by atoms with E-state index in [0.717, 1.165) is 25.1 Å². The standard InChI is InChI=1S/C14H17N3OS/c1-2-3-8-15-11-6-7-13(16-10-11)17-14(18)12-5-4-9-19-12/h4-7,9-10,15H,2-3,8H2,1H3,(H,16,17,18). The Bertz CT molecular complexity index is 508. The van der Waals surface area contributed by atoms with Gasteiger partial charge in [-0.1, -0.05) is 19.4 Å². The molecule has 1 amide bonds. The van der Waals surface area contributed by atoms with Crippen molar-refractivity contribution >= 4 is 28.7 Å². The number of carbonyl (C=O) groups is 1. The number of nitrogens with zero attached hydrogens (tertiary/aromatic N) is 1. The van der Waals surface area contributed by atoms with Crippen LogP contribution in [0.5, 0.6) is 0 Å². The van der Waals surface area contributed by atoms with E-state index >= 15 is 0 Å². The Labute approximate surface area is 116 Å². The molecule has 2 aromatic rings. The molecule has 0 atom stereocenters. The van der Waals surface area contributed by atoms with Crippen LogP contribution in [0.2, 0.25) is 0 Å². The highest BCUT2D eigenvalue weighted by Gasteiger charge is 2.07. The number of hydrogen-bond donors (Lipinski definition) is 2. The molecule has 100 valence electrons. The minimum absolute atomic E-state index is 0.116. The van der Waals surface area contributed by atoms with Crippen LogP contribution >= 0.6 is 11.3 Å². The maximum absolute atomic E-state index is 11.8. The van der Waals surface area contributed by atoms with Crippen molar-refractivity contribution in [2.24, 2.45) is 0 Å². The number of rotatable bonds is 6. The summed E-state index contributed by atoms with van der Waals surface area (Å²) < 4.78 is 0. The Hall–Kier alpha value is -1.88. The van der Waals surface area contributed by atoms with Crippen LogP contribution in [0.1, 0.15) is 29.4 Å². The summed E-state index contributed by atoms with van der Waals surface area (Å²) in [5.41, 5.74) is 0.975. The van der Waals surface area contributed by atoms with Gasteiger partial charge in [-0.3, -0.25) is 4.79 Å². The van der Waals surface area contributed by atoms with E-state index in [2.05, 4.69) is 22.5 Å². The number of amides is 1.